The summed E-state index contributed by atoms with van der Waals surface area (Å²) in [5, 5.41) is 3.06. The number of carbonyl (C=O) groups is 1. The van der Waals surface area contributed by atoms with Gasteiger partial charge in [-0.15, -0.1) is 0 Å². The number of rotatable bonds is 6. The predicted molar refractivity (Wildman–Crippen MR) is 100 cm³/mol. The van der Waals surface area contributed by atoms with Crippen molar-refractivity contribution < 1.29 is 9.53 Å². The molecule has 0 bridgehead atoms. The van der Waals surface area contributed by atoms with E-state index in [0.29, 0.717) is 31.3 Å². The van der Waals surface area contributed by atoms with Crippen LogP contribution < -0.4 is 16.6 Å². The number of aryl methyl sites for hydroxylation is 1. The van der Waals surface area contributed by atoms with Crippen LogP contribution in [0.3, 0.4) is 0 Å². The van der Waals surface area contributed by atoms with Gasteiger partial charge in [0.1, 0.15) is 0 Å². The number of fused-ring (bicyclic) bond motifs is 1. The minimum absolute atomic E-state index is 0.0153. The molecule has 1 saturated carbocycles. The molecular weight excluding hydrogens is 348 g/mol. The van der Waals surface area contributed by atoms with Gasteiger partial charge in [0.2, 0.25) is 0 Å². The lowest BCUT2D eigenvalue weighted by molar-refractivity contribution is 0.0859. The number of H-pyrrole nitrogens is 1. The van der Waals surface area contributed by atoms with Crippen molar-refractivity contribution in [1.82, 2.24) is 19.9 Å². The molecule has 1 unspecified atom stereocenters. The van der Waals surface area contributed by atoms with Gasteiger partial charge >= 0.3 is 5.69 Å². The number of aromatic nitrogens is 3. The highest BCUT2D eigenvalue weighted by atomic mass is 16.5. The van der Waals surface area contributed by atoms with Crippen LogP contribution in [0.15, 0.2) is 15.7 Å². The second kappa shape index (κ2) is 7.26. The van der Waals surface area contributed by atoms with Gasteiger partial charge in [0.05, 0.1) is 17.1 Å². The molecule has 4 rings (SSSR count). The van der Waals surface area contributed by atoms with Gasteiger partial charge in [-0.05, 0) is 38.2 Å². The molecule has 1 aliphatic carbocycles. The molecule has 27 heavy (non-hydrogen) atoms. The molecule has 8 nitrogen and oxygen atoms in total. The zero-order valence-electron chi connectivity index (χ0n) is 15.4. The second-order valence-corrected chi connectivity index (χ2v) is 7.32. The van der Waals surface area contributed by atoms with E-state index in [2.05, 4.69) is 15.3 Å². The molecule has 0 spiro atoms. The number of aromatic amines is 1. The molecule has 2 fully saturated rings. The lowest BCUT2D eigenvalue weighted by Crippen LogP contribution is -2.35. The SMILES string of the molecule is CCCn1c(=O)[nH]c(=O)c2c(C(=O)NCC3CCCO3)cc(C3CC3)nc21. The van der Waals surface area contributed by atoms with Crippen LogP contribution in [0.1, 0.15) is 61.0 Å². The summed E-state index contributed by atoms with van der Waals surface area (Å²) < 4.78 is 7.01. The third-order valence-corrected chi connectivity index (χ3v) is 5.17. The van der Waals surface area contributed by atoms with Crippen LogP contribution >= 0.6 is 0 Å². The van der Waals surface area contributed by atoms with Crippen LogP contribution in [0.2, 0.25) is 0 Å². The van der Waals surface area contributed by atoms with E-state index in [0.717, 1.165) is 37.8 Å². The number of hydrogen-bond acceptors (Lipinski definition) is 5. The van der Waals surface area contributed by atoms with Crippen LogP contribution in [0.25, 0.3) is 11.0 Å². The van der Waals surface area contributed by atoms with Crippen LogP contribution in [-0.2, 0) is 11.3 Å². The van der Waals surface area contributed by atoms with Gasteiger partial charge in [-0.25, -0.2) is 9.78 Å². The van der Waals surface area contributed by atoms with Gasteiger partial charge in [0.25, 0.3) is 11.5 Å². The van der Waals surface area contributed by atoms with Crippen LogP contribution in [0.4, 0.5) is 0 Å². The third-order valence-electron chi connectivity index (χ3n) is 5.17. The maximum absolute atomic E-state index is 12.9. The van der Waals surface area contributed by atoms with E-state index in [1.807, 2.05) is 6.92 Å². The zero-order chi connectivity index (χ0) is 19.0. The quantitative estimate of drug-likeness (QED) is 0.795. The maximum Gasteiger partial charge on any atom is 0.329 e. The predicted octanol–water partition coefficient (Wildman–Crippen LogP) is 1.28. The highest BCUT2D eigenvalue weighted by Crippen LogP contribution is 2.39. The number of nitrogens with zero attached hydrogens (tertiary/aromatic N) is 2. The van der Waals surface area contributed by atoms with E-state index in [9.17, 15) is 14.4 Å². The molecule has 2 aromatic rings. The molecule has 2 N–H and O–H groups in total. The molecule has 2 aromatic heterocycles. The van der Waals surface area contributed by atoms with E-state index in [-0.39, 0.29) is 23.0 Å². The smallest absolute Gasteiger partial charge is 0.329 e. The van der Waals surface area contributed by atoms with Crippen molar-refractivity contribution in [3.63, 3.8) is 0 Å². The largest absolute Gasteiger partial charge is 0.376 e. The van der Waals surface area contributed by atoms with Gasteiger partial charge in [-0.1, -0.05) is 6.92 Å². The van der Waals surface area contributed by atoms with Crippen LogP contribution in [-0.4, -0.2) is 39.7 Å². The van der Waals surface area contributed by atoms with E-state index in [4.69, 9.17) is 4.74 Å². The number of ether oxygens (including phenoxy) is 1. The highest BCUT2D eigenvalue weighted by molar-refractivity contribution is 6.05. The Morgan fingerprint density at radius 2 is 2.19 bits per heavy atom. The summed E-state index contributed by atoms with van der Waals surface area (Å²) in [5.41, 5.74) is 0.308. The number of pyridine rings is 1. The van der Waals surface area contributed by atoms with E-state index < -0.39 is 11.2 Å². The van der Waals surface area contributed by atoms with Gasteiger partial charge in [-0.2, -0.15) is 0 Å². The summed E-state index contributed by atoms with van der Waals surface area (Å²) in [5.74, 6) is -0.0319. The summed E-state index contributed by atoms with van der Waals surface area (Å²) in [7, 11) is 0. The van der Waals surface area contributed by atoms with Crippen molar-refractivity contribution in [2.45, 2.75) is 57.6 Å². The van der Waals surface area contributed by atoms with Crippen molar-refractivity contribution in [3.05, 3.63) is 38.2 Å². The molecule has 2 aliphatic rings. The lowest BCUT2D eigenvalue weighted by Gasteiger charge is -2.14. The number of amides is 1. The molecule has 1 atom stereocenters. The Balaban J connectivity index is 1.80. The zero-order valence-corrected chi connectivity index (χ0v) is 15.4. The van der Waals surface area contributed by atoms with Gasteiger partial charge in [-0.3, -0.25) is 19.1 Å². The average Bonchev–Trinajstić information content (AvgIpc) is 3.38. The fourth-order valence-electron chi connectivity index (χ4n) is 3.60. The van der Waals surface area contributed by atoms with Gasteiger partial charge in [0.15, 0.2) is 5.65 Å². The standard InChI is InChI=1S/C19H24N4O4/c1-2-7-23-16-15(18(25)22-19(23)26)13(9-14(21-16)11-5-6-11)17(24)20-10-12-4-3-8-27-12/h9,11-12H,2-8,10H2,1H3,(H,20,24)(H,22,25,26). The number of hydrogen-bond donors (Lipinski definition) is 2. The topological polar surface area (TPSA) is 106 Å². The Labute approximate surface area is 155 Å². The van der Waals surface area contributed by atoms with Crippen molar-refractivity contribution in [1.29, 1.82) is 0 Å². The molecule has 0 aromatic carbocycles. The van der Waals surface area contributed by atoms with E-state index >= 15 is 0 Å². The Hall–Kier alpha value is -2.48. The first-order valence-electron chi connectivity index (χ1n) is 9.66. The second-order valence-electron chi connectivity index (χ2n) is 7.32. The van der Waals surface area contributed by atoms with Crippen LogP contribution in [0.5, 0.6) is 0 Å². The van der Waals surface area contributed by atoms with E-state index in [1.165, 1.54) is 4.57 Å². The Kier molecular flexibility index (Phi) is 4.82. The molecule has 8 heteroatoms. The van der Waals surface area contributed by atoms with Crippen molar-refractivity contribution >= 4 is 16.9 Å². The Morgan fingerprint density at radius 3 is 2.85 bits per heavy atom. The highest BCUT2D eigenvalue weighted by Gasteiger charge is 2.29. The molecule has 144 valence electrons. The molecular formula is C19H24N4O4. The van der Waals surface area contributed by atoms with Gasteiger partial charge < -0.3 is 10.1 Å². The molecule has 0 radical (unpaired) electrons. The van der Waals surface area contributed by atoms with E-state index in [1.54, 1.807) is 6.07 Å². The molecule has 3 heterocycles. The number of carbonyl (C=O) groups excluding carboxylic acids is 1. The normalized spacial score (nSPS) is 19.5. The minimum Gasteiger partial charge on any atom is -0.376 e. The summed E-state index contributed by atoms with van der Waals surface area (Å²) >= 11 is 0. The monoisotopic (exact) mass is 372 g/mol. The van der Waals surface area contributed by atoms with Crippen molar-refractivity contribution in [2.75, 3.05) is 13.2 Å². The molecule has 1 amide bonds. The average molecular weight is 372 g/mol. The fourth-order valence-corrected chi connectivity index (χ4v) is 3.60. The summed E-state index contributed by atoms with van der Waals surface area (Å²) in [6.45, 7) is 3.51. The Morgan fingerprint density at radius 1 is 1.37 bits per heavy atom. The first-order valence-corrected chi connectivity index (χ1v) is 9.66. The minimum atomic E-state index is -0.570. The first-order chi connectivity index (χ1) is 13.1. The molecule has 1 saturated heterocycles. The lowest BCUT2D eigenvalue weighted by atomic mass is 10.1. The van der Waals surface area contributed by atoms with Gasteiger partial charge in [0, 0.05) is 31.3 Å². The summed E-state index contributed by atoms with van der Waals surface area (Å²) in [4.78, 5) is 44.6. The van der Waals surface area contributed by atoms with Crippen molar-refractivity contribution in [2.24, 2.45) is 0 Å². The summed E-state index contributed by atoms with van der Waals surface area (Å²) in [6, 6.07) is 1.71. The number of nitrogens with one attached hydrogen (secondary N) is 2. The fraction of sp³-hybridized carbons (Fsp3) is 0.579. The third kappa shape index (κ3) is 3.53. The van der Waals surface area contributed by atoms with Crippen molar-refractivity contribution in [3.8, 4) is 0 Å². The Bertz CT molecular complexity index is 984. The maximum atomic E-state index is 12.9. The summed E-state index contributed by atoms with van der Waals surface area (Å²) in [6.07, 6.45) is 4.67. The molecule has 1 aliphatic heterocycles. The first kappa shape index (κ1) is 17.9. The van der Waals surface area contributed by atoms with Crippen LogP contribution in [0, 0.1) is 0 Å².